The molecular weight excluding hydrogens is 306 g/mol. The lowest BCUT2D eigenvalue weighted by Gasteiger charge is -2.21. The Morgan fingerprint density at radius 1 is 1.43 bits per heavy atom. The standard InChI is InChI=1S/C14H21N3O2S2/c1-11(10-17-7-2-3-8-17)16-21(18,19)13-6-4-5-12(9-13)14(15)20/h4-6,9,11,16H,2-3,7-8,10H2,1H3,(H2,15,20). The van der Waals surface area contributed by atoms with Gasteiger partial charge in [-0.1, -0.05) is 24.4 Å². The Hall–Kier alpha value is -1.02. The van der Waals surface area contributed by atoms with E-state index in [9.17, 15) is 8.42 Å². The molecule has 5 nitrogen and oxygen atoms in total. The summed E-state index contributed by atoms with van der Waals surface area (Å²) in [6, 6.07) is 6.27. The quantitative estimate of drug-likeness (QED) is 0.765. The van der Waals surface area contributed by atoms with Crippen LogP contribution in [0.2, 0.25) is 0 Å². The minimum atomic E-state index is -3.55. The number of nitrogens with two attached hydrogens (primary N) is 1. The van der Waals surface area contributed by atoms with Gasteiger partial charge in [-0.3, -0.25) is 0 Å². The highest BCUT2D eigenvalue weighted by atomic mass is 32.2. The third-order valence-corrected chi connectivity index (χ3v) is 5.34. The van der Waals surface area contributed by atoms with Crippen LogP contribution in [-0.2, 0) is 10.0 Å². The van der Waals surface area contributed by atoms with Crippen LogP contribution in [0.4, 0.5) is 0 Å². The molecule has 0 aromatic heterocycles. The van der Waals surface area contributed by atoms with Crippen LogP contribution in [0.3, 0.4) is 0 Å². The first-order valence-corrected chi connectivity index (χ1v) is 8.92. The Bertz CT molecular complexity index is 610. The molecule has 1 aliphatic rings. The molecule has 1 saturated heterocycles. The second-order valence-corrected chi connectivity index (χ2v) is 7.58. The smallest absolute Gasteiger partial charge is 0.240 e. The molecule has 0 saturated carbocycles. The van der Waals surface area contributed by atoms with Crippen molar-refractivity contribution < 1.29 is 8.42 Å². The Morgan fingerprint density at radius 2 is 2.10 bits per heavy atom. The van der Waals surface area contributed by atoms with E-state index in [2.05, 4.69) is 9.62 Å². The molecule has 21 heavy (non-hydrogen) atoms. The molecule has 0 amide bonds. The number of rotatable bonds is 6. The molecule has 0 spiro atoms. The van der Waals surface area contributed by atoms with Gasteiger partial charge in [0.15, 0.2) is 0 Å². The predicted molar refractivity (Wildman–Crippen MR) is 87.8 cm³/mol. The molecule has 0 bridgehead atoms. The number of sulfonamides is 1. The average molecular weight is 327 g/mol. The summed E-state index contributed by atoms with van der Waals surface area (Å²) in [5.74, 6) is 0. The lowest BCUT2D eigenvalue weighted by molar-refractivity contribution is 0.313. The molecule has 0 radical (unpaired) electrons. The van der Waals surface area contributed by atoms with E-state index >= 15 is 0 Å². The Balaban J connectivity index is 2.06. The molecule has 116 valence electrons. The summed E-state index contributed by atoms with van der Waals surface area (Å²) in [5.41, 5.74) is 6.10. The molecule has 3 N–H and O–H groups in total. The highest BCUT2D eigenvalue weighted by Crippen LogP contribution is 2.13. The highest BCUT2D eigenvalue weighted by Gasteiger charge is 2.21. The summed E-state index contributed by atoms with van der Waals surface area (Å²) in [5, 5.41) is 0. The van der Waals surface area contributed by atoms with Crippen molar-refractivity contribution >= 4 is 27.2 Å². The fourth-order valence-corrected chi connectivity index (χ4v) is 3.95. The van der Waals surface area contributed by atoms with Crippen LogP contribution < -0.4 is 10.5 Å². The van der Waals surface area contributed by atoms with Crippen molar-refractivity contribution in [2.24, 2.45) is 5.73 Å². The first-order valence-electron chi connectivity index (χ1n) is 7.03. The Morgan fingerprint density at radius 3 is 2.71 bits per heavy atom. The lowest BCUT2D eigenvalue weighted by Crippen LogP contribution is -2.41. The first-order chi connectivity index (χ1) is 9.88. The fraction of sp³-hybridized carbons (Fsp3) is 0.500. The minimum absolute atomic E-state index is 0.137. The van der Waals surface area contributed by atoms with Gasteiger partial charge in [-0.25, -0.2) is 13.1 Å². The van der Waals surface area contributed by atoms with Crippen molar-refractivity contribution in [2.45, 2.75) is 30.7 Å². The number of likely N-dealkylation sites (tertiary alicyclic amines) is 1. The SMILES string of the molecule is CC(CN1CCCC1)NS(=O)(=O)c1cccc(C(N)=S)c1. The van der Waals surface area contributed by atoms with Gasteiger partial charge < -0.3 is 10.6 Å². The zero-order valence-corrected chi connectivity index (χ0v) is 13.7. The predicted octanol–water partition coefficient (Wildman–Crippen LogP) is 1.08. The highest BCUT2D eigenvalue weighted by molar-refractivity contribution is 7.89. The van der Waals surface area contributed by atoms with Crippen LogP contribution in [0.25, 0.3) is 0 Å². The van der Waals surface area contributed by atoms with Gasteiger partial charge in [0.2, 0.25) is 10.0 Å². The number of benzene rings is 1. The molecule has 1 unspecified atom stereocenters. The normalized spacial score (nSPS) is 17.8. The van der Waals surface area contributed by atoms with Crippen molar-refractivity contribution in [1.82, 2.24) is 9.62 Å². The van der Waals surface area contributed by atoms with Gasteiger partial charge in [0.1, 0.15) is 4.99 Å². The molecule has 1 aromatic rings. The number of hydrogen-bond donors (Lipinski definition) is 2. The topological polar surface area (TPSA) is 75.4 Å². The third-order valence-electron chi connectivity index (χ3n) is 3.52. The lowest BCUT2D eigenvalue weighted by atomic mass is 10.2. The van der Waals surface area contributed by atoms with Gasteiger partial charge in [-0.15, -0.1) is 0 Å². The van der Waals surface area contributed by atoms with E-state index in [1.54, 1.807) is 18.2 Å². The van der Waals surface area contributed by atoms with E-state index in [4.69, 9.17) is 18.0 Å². The monoisotopic (exact) mass is 327 g/mol. The van der Waals surface area contributed by atoms with Crippen molar-refractivity contribution in [1.29, 1.82) is 0 Å². The van der Waals surface area contributed by atoms with E-state index in [1.165, 1.54) is 18.9 Å². The number of thiocarbonyl (C=S) groups is 1. The molecule has 1 heterocycles. The maximum Gasteiger partial charge on any atom is 0.240 e. The summed E-state index contributed by atoms with van der Waals surface area (Å²) in [6.07, 6.45) is 2.38. The Kier molecular flexibility index (Phi) is 5.32. The van der Waals surface area contributed by atoms with Gasteiger partial charge in [0.05, 0.1) is 4.90 Å². The van der Waals surface area contributed by atoms with E-state index in [0.717, 1.165) is 19.6 Å². The molecule has 1 fully saturated rings. The van der Waals surface area contributed by atoms with Crippen LogP contribution in [0, 0.1) is 0 Å². The van der Waals surface area contributed by atoms with E-state index in [1.807, 2.05) is 6.92 Å². The third kappa shape index (κ3) is 4.47. The Labute approximate surface area is 131 Å². The summed E-state index contributed by atoms with van der Waals surface area (Å²) < 4.78 is 27.5. The minimum Gasteiger partial charge on any atom is -0.389 e. The molecule has 0 aliphatic carbocycles. The van der Waals surface area contributed by atoms with E-state index in [-0.39, 0.29) is 15.9 Å². The maximum absolute atomic E-state index is 12.4. The molecular formula is C14H21N3O2S2. The van der Waals surface area contributed by atoms with Gasteiger partial charge in [-0.2, -0.15) is 0 Å². The molecule has 1 aromatic carbocycles. The summed E-state index contributed by atoms with van der Waals surface area (Å²) >= 11 is 4.88. The fourth-order valence-electron chi connectivity index (χ4n) is 2.54. The average Bonchev–Trinajstić information content (AvgIpc) is 2.91. The summed E-state index contributed by atoms with van der Waals surface area (Å²) in [7, 11) is -3.55. The molecule has 2 rings (SSSR count). The number of nitrogens with zero attached hydrogens (tertiary/aromatic N) is 1. The van der Waals surface area contributed by atoms with Crippen molar-refractivity contribution in [3.63, 3.8) is 0 Å². The zero-order valence-electron chi connectivity index (χ0n) is 12.1. The second kappa shape index (κ2) is 6.83. The van der Waals surface area contributed by atoms with Crippen LogP contribution in [-0.4, -0.2) is 44.0 Å². The van der Waals surface area contributed by atoms with Gasteiger partial charge >= 0.3 is 0 Å². The van der Waals surface area contributed by atoms with Crippen molar-refractivity contribution in [3.8, 4) is 0 Å². The van der Waals surface area contributed by atoms with Crippen LogP contribution >= 0.6 is 12.2 Å². The van der Waals surface area contributed by atoms with Crippen LogP contribution in [0.1, 0.15) is 25.3 Å². The van der Waals surface area contributed by atoms with E-state index in [0.29, 0.717) is 5.56 Å². The van der Waals surface area contributed by atoms with Crippen LogP contribution in [0.5, 0.6) is 0 Å². The van der Waals surface area contributed by atoms with Crippen molar-refractivity contribution in [3.05, 3.63) is 29.8 Å². The van der Waals surface area contributed by atoms with Crippen LogP contribution in [0.15, 0.2) is 29.2 Å². The van der Waals surface area contributed by atoms with E-state index < -0.39 is 10.0 Å². The summed E-state index contributed by atoms with van der Waals surface area (Å²) in [4.78, 5) is 2.66. The molecule has 1 atom stereocenters. The van der Waals surface area contributed by atoms with Gasteiger partial charge in [0, 0.05) is 18.2 Å². The van der Waals surface area contributed by atoms with Gasteiger partial charge in [0.25, 0.3) is 0 Å². The largest absolute Gasteiger partial charge is 0.389 e. The number of hydrogen-bond acceptors (Lipinski definition) is 4. The second-order valence-electron chi connectivity index (χ2n) is 5.42. The molecule has 7 heteroatoms. The van der Waals surface area contributed by atoms with Gasteiger partial charge in [-0.05, 0) is 45.0 Å². The maximum atomic E-state index is 12.4. The number of nitrogens with one attached hydrogen (secondary N) is 1. The van der Waals surface area contributed by atoms with Crippen molar-refractivity contribution in [2.75, 3.05) is 19.6 Å². The molecule has 1 aliphatic heterocycles. The summed E-state index contributed by atoms with van der Waals surface area (Å²) in [6.45, 7) is 4.70. The zero-order chi connectivity index (χ0) is 15.5. The first kappa shape index (κ1) is 16.4.